The van der Waals surface area contributed by atoms with Gasteiger partial charge in [-0.1, -0.05) is 0 Å². The second kappa shape index (κ2) is 7.21. The van der Waals surface area contributed by atoms with Crippen molar-refractivity contribution in [2.24, 2.45) is 7.05 Å². The molecule has 0 saturated heterocycles. The summed E-state index contributed by atoms with van der Waals surface area (Å²) in [5, 5.41) is 8.65. The fraction of sp³-hybridized carbons (Fsp3) is 0.125. The van der Waals surface area contributed by atoms with Crippen LogP contribution in [0.1, 0.15) is 22.4 Å². The van der Waals surface area contributed by atoms with E-state index in [0.29, 0.717) is 0 Å². The van der Waals surface area contributed by atoms with Crippen LogP contribution in [0.15, 0.2) is 48.9 Å². The highest BCUT2D eigenvalue weighted by Gasteiger charge is 2.17. The van der Waals surface area contributed by atoms with Gasteiger partial charge in [0.2, 0.25) is 0 Å². The molecule has 0 aliphatic heterocycles. The maximum atomic E-state index is 11.8. The van der Waals surface area contributed by atoms with Crippen LogP contribution in [0.5, 0.6) is 0 Å². The third-order valence-electron chi connectivity index (χ3n) is 5.91. The molecule has 0 unspecified atom stereocenters. The SMILES string of the molecule is CC(=O)c1ccc(-c2cncc3[nH]c(-c4n[nH]c5ccc(-c6cnc(C)n6C)nc45)cc23)s1. The van der Waals surface area contributed by atoms with Gasteiger partial charge < -0.3 is 9.55 Å². The molecule has 0 aromatic carbocycles. The highest BCUT2D eigenvalue weighted by Crippen LogP contribution is 2.36. The Morgan fingerprint density at radius 2 is 1.97 bits per heavy atom. The molecule has 0 spiro atoms. The number of aryl methyl sites for hydroxylation is 1. The van der Waals surface area contributed by atoms with Gasteiger partial charge in [0.1, 0.15) is 17.0 Å². The first-order valence-corrected chi connectivity index (χ1v) is 11.2. The molecule has 0 aliphatic rings. The van der Waals surface area contributed by atoms with Gasteiger partial charge in [0, 0.05) is 29.1 Å². The highest BCUT2D eigenvalue weighted by atomic mass is 32.1. The Labute approximate surface area is 192 Å². The summed E-state index contributed by atoms with van der Waals surface area (Å²) in [6.07, 6.45) is 5.47. The van der Waals surface area contributed by atoms with Crippen LogP contribution in [0.25, 0.3) is 55.2 Å². The number of H-pyrrole nitrogens is 2. The van der Waals surface area contributed by atoms with Crippen molar-refractivity contribution in [3.63, 3.8) is 0 Å². The molecule has 0 fully saturated rings. The minimum Gasteiger partial charge on any atom is -0.352 e. The zero-order chi connectivity index (χ0) is 22.7. The molecule has 8 nitrogen and oxygen atoms in total. The van der Waals surface area contributed by atoms with Crippen molar-refractivity contribution < 1.29 is 4.79 Å². The lowest BCUT2D eigenvalue weighted by molar-refractivity contribution is 0.102. The van der Waals surface area contributed by atoms with Gasteiger partial charge in [-0.3, -0.25) is 14.9 Å². The second-order valence-corrected chi connectivity index (χ2v) is 9.05. The molecule has 0 aliphatic carbocycles. The molecule has 0 atom stereocenters. The van der Waals surface area contributed by atoms with Crippen LogP contribution in [-0.4, -0.2) is 40.5 Å². The minimum atomic E-state index is 0.0645. The number of ketones is 1. The average Bonchev–Trinajstić information content (AvgIpc) is 3.59. The van der Waals surface area contributed by atoms with Gasteiger partial charge in [-0.05, 0) is 44.2 Å². The van der Waals surface area contributed by atoms with Crippen molar-refractivity contribution in [3.05, 3.63) is 59.6 Å². The van der Waals surface area contributed by atoms with Crippen molar-refractivity contribution in [2.45, 2.75) is 13.8 Å². The van der Waals surface area contributed by atoms with Crippen LogP contribution in [0, 0.1) is 6.92 Å². The Bertz CT molecular complexity index is 1680. The number of imidazole rings is 1. The molecule has 162 valence electrons. The maximum absolute atomic E-state index is 11.8. The predicted octanol–water partition coefficient (Wildman–Crippen LogP) is 5.14. The molecule has 6 rings (SSSR count). The van der Waals surface area contributed by atoms with E-state index in [1.165, 1.54) is 11.3 Å². The van der Waals surface area contributed by atoms with Crippen LogP contribution in [0.3, 0.4) is 0 Å². The van der Waals surface area contributed by atoms with Gasteiger partial charge in [0.05, 0.1) is 45.4 Å². The predicted molar refractivity (Wildman–Crippen MR) is 129 cm³/mol. The zero-order valence-electron chi connectivity index (χ0n) is 18.2. The molecule has 6 aromatic rings. The van der Waals surface area contributed by atoms with Gasteiger partial charge in [0.25, 0.3) is 0 Å². The van der Waals surface area contributed by atoms with Crippen molar-refractivity contribution in [1.82, 2.24) is 34.7 Å². The maximum Gasteiger partial charge on any atom is 0.169 e. The Kier molecular flexibility index (Phi) is 4.27. The summed E-state index contributed by atoms with van der Waals surface area (Å²) >= 11 is 1.48. The lowest BCUT2D eigenvalue weighted by Gasteiger charge is -2.03. The molecule has 2 N–H and O–H groups in total. The van der Waals surface area contributed by atoms with Crippen LogP contribution >= 0.6 is 11.3 Å². The minimum absolute atomic E-state index is 0.0645. The van der Waals surface area contributed by atoms with E-state index >= 15 is 0 Å². The summed E-state index contributed by atoms with van der Waals surface area (Å²) < 4.78 is 2.02. The summed E-state index contributed by atoms with van der Waals surface area (Å²) in [7, 11) is 1.98. The molecule has 9 heteroatoms. The Balaban J connectivity index is 1.49. The van der Waals surface area contributed by atoms with Crippen molar-refractivity contribution in [2.75, 3.05) is 0 Å². The number of aromatic nitrogens is 7. The number of fused-ring (bicyclic) bond motifs is 2. The zero-order valence-corrected chi connectivity index (χ0v) is 19.0. The van der Waals surface area contributed by atoms with Gasteiger partial charge in [-0.25, -0.2) is 9.97 Å². The molecule has 0 radical (unpaired) electrons. The van der Waals surface area contributed by atoms with Gasteiger partial charge in [-0.15, -0.1) is 11.3 Å². The third-order valence-corrected chi connectivity index (χ3v) is 7.13. The van der Waals surface area contributed by atoms with Crippen LogP contribution in [0.4, 0.5) is 0 Å². The second-order valence-electron chi connectivity index (χ2n) is 7.97. The smallest absolute Gasteiger partial charge is 0.169 e. The number of nitrogens with one attached hydrogen (secondary N) is 2. The lowest BCUT2D eigenvalue weighted by atomic mass is 10.1. The molecule has 0 bridgehead atoms. The van der Waals surface area contributed by atoms with Crippen molar-refractivity contribution >= 4 is 39.1 Å². The summed E-state index contributed by atoms with van der Waals surface area (Å²) in [4.78, 5) is 30.6. The number of carbonyl (C=O) groups is 1. The number of carbonyl (C=O) groups excluding carboxylic acids is 1. The van der Waals surface area contributed by atoms with E-state index in [1.54, 1.807) is 13.1 Å². The largest absolute Gasteiger partial charge is 0.352 e. The molecule has 6 aromatic heterocycles. The van der Waals surface area contributed by atoms with E-state index in [4.69, 9.17) is 4.98 Å². The first-order chi connectivity index (χ1) is 16.0. The van der Waals surface area contributed by atoms with E-state index in [-0.39, 0.29) is 5.78 Å². The number of Topliss-reactive ketones (excluding diaryl/α,β-unsaturated/α-hetero) is 1. The number of thiophene rings is 1. The molecular formula is C24H19N7OS. The number of nitrogens with zero attached hydrogens (tertiary/aromatic N) is 5. The molecule has 6 heterocycles. The van der Waals surface area contributed by atoms with E-state index in [1.807, 2.05) is 55.2 Å². The number of pyridine rings is 2. The Hall–Kier alpha value is -4.11. The normalized spacial score (nSPS) is 11.6. The molecular weight excluding hydrogens is 434 g/mol. The fourth-order valence-corrected chi connectivity index (χ4v) is 4.94. The van der Waals surface area contributed by atoms with Crippen molar-refractivity contribution in [1.29, 1.82) is 0 Å². The summed E-state index contributed by atoms with van der Waals surface area (Å²) in [6, 6.07) is 9.86. The lowest BCUT2D eigenvalue weighted by Crippen LogP contribution is -1.96. The Morgan fingerprint density at radius 3 is 2.73 bits per heavy atom. The molecule has 0 saturated carbocycles. The standard InChI is InChI=1S/C24H19N7OS/c1-12(32)21-6-7-22(33-21)15-9-25-10-19-14(15)8-18(27-19)24-23-17(29-30-24)5-4-16(28-23)20-11-26-13(2)31(20)3/h4-11,27H,1-3H3,(H,29,30). The van der Waals surface area contributed by atoms with E-state index in [2.05, 4.69) is 31.2 Å². The monoisotopic (exact) mass is 453 g/mol. The number of hydrogen-bond donors (Lipinski definition) is 2. The molecule has 0 amide bonds. The third kappa shape index (κ3) is 3.08. The number of hydrogen-bond acceptors (Lipinski definition) is 6. The summed E-state index contributed by atoms with van der Waals surface area (Å²) in [5.74, 6) is 0.992. The quantitative estimate of drug-likeness (QED) is 0.360. The summed E-state index contributed by atoms with van der Waals surface area (Å²) in [6.45, 7) is 3.55. The highest BCUT2D eigenvalue weighted by molar-refractivity contribution is 7.17. The number of rotatable bonds is 4. The van der Waals surface area contributed by atoms with Crippen LogP contribution in [0.2, 0.25) is 0 Å². The van der Waals surface area contributed by atoms with E-state index < -0.39 is 0 Å². The average molecular weight is 454 g/mol. The van der Waals surface area contributed by atoms with Crippen molar-refractivity contribution in [3.8, 4) is 33.2 Å². The topological polar surface area (TPSA) is 105 Å². The molecule has 33 heavy (non-hydrogen) atoms. The Morgan fingerprint density at radius 1 is 1.09 bits per heavy atom. The number of aromatic amines is 2. The van der Waals surface area contributed by atoms with Gasteiger partial charge in [-0.2, -0.15) is 5.10 Å². The van der Waals surface area contributed by atoms with Crippen LogP contribution in [-0.2, 0) is 7.05 Å². The fourth-order valence-electron chi connectivity index (χ4n) is 4.02. The van der Waals surface area contributed by atoms with E-state index in [0.717, 1.165) is 65.9 Å². The van der Waals surface area contributed by atoms with Crippen LogP contribution < -0.4 is 0 Å². The first kappa shape index (κ1) is 19.6. The first-order valence-electron chi connectivity index (χ1n) is 10.4. The van der Waals surface area contributed by atoms with Gasteiger partial charge in [0.15, 0.2) is 5.78 Å². The summed E-state index contributed by atoms with van der Waals surface area (Å²) in [5.41, 5.74) is 6.88. The van der Waals surface area contributed by atoms with E-state index in [9.17, 15) is 4.79 Å². The van der Waals surface area contributed by atoms with Gasteiger partial charge >= 0.3 is 0 Å².